The van der Waals surface area contributed by atoms with Crippen LogP contribution in [0.2, 0.25) is 5.02 Å². The molecule has 174 valence electrons. The fourth-order valence-electron chi connectivity index (χ4n) is 3.72. The molecule has 1 aliphatic heterocycles. The Morgan fingerprint density at radius 3 is 2.67 bits per heavy atom. The van der Waals surface area contributed by atoms with Gasteiger partial charge >= 0.3 is 0 Å². The monoisotopic (exact) mass is 472 g/mol. The second-order valence-corrected chi connectivity index (χ2v) is 8.48. The number of halogens is 2. The highest BCUT2D eigenvalue weighted by molar-refractivity contribution is 6.30. The molecule has 33 heavy (non-hydrogen) atoms. The van der Waals surface area contributed by atoms with Gasteiger partial charge in [-0.25, -0.2) is 4.39 Å². The molecular weight excluding hydrogens is 447 g/mol. The minimum atomic E-state index is -0.710. The quantitative estimate of drug-likeness (QED) is 0.440. The lowest BCUT2D eigenvalue weighted by atomic mass is 10.0. The number of benzene rings is 2. The molecule has 4 rings (SSSR count). The van der Waals surface area contributed by atoms with E-state index in [0.717, 1.165) is 16.8 Å². The molecule has 1 aliphatic rings. The van der Waals surface area contributed by atoms with Crippen LogP contribution in [-0.4, -0.2) is 47.6 Å². The van der Waals surface area contributed by atoms with Gasteiger partial charge < -0.3 is 19.1 Å². The molecule has 1 N–H and O–H groups in total. The van der Waals surface area contributed by atoms with Crippen LogP contribution in [0.1, 0.15) is 23.3 Å². The van der Waals surface area contributed by atoms with Gasteiger partial charge in [0.1, 0.15) is 24.3 Å². The number of nitrogens with zero attached hydrogens (tertiary/aromatic N) is 2. The largest absolute Gasteiger partial charge is 0.467 e. The summed E-state index contributed by atoms with van der Waals surface area (Å²) >= 11 is 5.98. The third-order valence-corrected chi connectivity index (χ3v) is 5.55. The molecule has 0 amide bonds. The maximum Gasteiger partial charge on any atom is 0.145 e. The number of rotatable bonds is 11. The molecule has 2 aromatic carbocycles. The summed E-state index contributed by atoms with van der Waals surface area (Å²) in [6.07, 6.45) is 1.36. The first-order valence-corrected chi connectivity index (χ1v) is 11.2. The maximum absolute atomic E-state index is 13.3. The third-order valence-electron chi connectivity index (χ3n) is 5.30. The van der Waals surface area contributed by atoms with E-state index in [9.17, 15) is 9.50 Å². The van der Waals surface area contributed by atoms with E-state index in [-0.39, 0.29) is 18.5 Å². The van der Waals surface area contributed by atoms with Crippen LogP contribution < -0.4 is 0 Å². The molecule has 2 heterocycles. The van der Waals surface area contributed by atoms with Crippen LogP contribution in [0.15, 0.2) is 76.5 Å². The van der Waals surface area contributed by atoms with Crippen molar-refractivity contribution >= 4 is 17.3 Å². The molecule has 0 radical (unpaired) electrons. The van der Waals surface area contributed by atoms with Crippen molar-refractivity contribution in [3.63, 3.8) is 0 Å². The van der Waals surface area contributed by atoms with Crippen molar-refractivity contribution in [1.29, 1.82) is 0 Å². The van der Waals surface area contributed by atoms with Gasteiger partial charge in [0, 0.05) is 31.1 Å². The summed E-state index contributed by atoms with van der Waals surface area (Å²) in [5, 5.41) is 15.5. The van der Waals surface area contributed by atoms with Crippen molar-refractivity contribution < 1.29 is 23.5 Å². The van der Waals surface area contributed by atoms with E-state index in [4.69, 9.17) is 25.6 Å². The molecule has 1 aromatic heterocycles. The topological polar surface area (TPSA) is 67.4 Å². The van der Waals surface area contributed by atoms with E-state index in [1.165, 1.54) is 12.1 Å². The van der Waals surface area contributed by atoms with E-state index < -0.39 is 6.10 Å². The van der Waals surface area contributed by atoms with Crippen LogP contribution in [0.25, 0.3) is 0 Å². The van der Waals surface area contributed by atoms with E-state index in [1.54, 1.807) is 24.5 Å². The fraction of sp³-hybridized carbons (Fsp3) is 0.320. The summed E-state index contributed by atoms with van der Waals surface area (Å²) in [6, 6.07) is 17.5. The van der Waals surface area contributed by atoms with Gasteiger partial charge in [0.25, 0.3) is 0 Å². The molecule has 0 unspecified atom stereocenters. The van der Waals surface area contributed by atoms with Gasteiger partial charge in [-0.1, -0.05) is 41.0 Å². The molecule has 0 bridgehead atoms. The predicted octanol–water partition coefficient (Wildman–Crippen LogP) is 4.65. The minimum Gasteiger partial charge on any atom is -0.467 e. The molecule has 3 aromatic rings. The summed E-state index contributed by atoms with van der Waals surface area (Å²) in [5.41, 5.74) is 2.77. The average molecular weight is 473 g/mol. The van der Waals surface area contributed by atoms with Crippen LogP contribution in [0.3, 0.4) is 0 Å². The third kappa shape index (κ3) is 7.14. The molecule has 6 nitrogen and oxygen atoms in total. The van der Waals surface area contributed by atoms with Crippen LogP contribution in [0.4, 0.5) is 4.39 Å². The van der Waals surface area contributed by atoms with Crippen LogP contribution in [0, 0.1) is 5.82 Å². The number of ether oxygens (including phenoxy) is 1. The fourth-order valence-corrected chi connectivity index (χ4v) is 3.85. The number of aliphatic hydroxyl groups is 1. The summed E-state index contributed by atoms with van der Waals surface area (Å²) in [4.78, 5) is 7.75. The zero-order chi connectivity index (χ0) is 23.0. The lowest BCUT2D eigenvalue weighted by molar-refractivity contribution is -0.00956. The Balaban J connectivity index is 1.34. The van der Waals surface area contributed by atoms with E-state index in [2.05, 4.69) is 10.1 Å². The van der Waals surface area contributed by atoms with Crippen molar-refractivity contribution in [3.05, 3.63) is 94.7 Å². The zero-order valence-corrected chi connectivity index (χ0v) is 18.8. The van der Waals surface area contributed by atoms with Crippen LogP contribution in [-0.2, 0) is 22.7 Å². The second-order valence-electron chi connectivity index (χ2n) is 8.05. The minimum absolute atomic E-state index is 0.160. The normalized spacial score (nSPS) is 16.6. The van der Waals surface area contributed by atoms with Crippen molar-refractivity contribution in [1.82, 2.24) is 4.90 Å². The number of furan rings is 1. The highest BCUT2D eigenvalue weighted by Crippen LogP contribution is 2.20. The van der Waals surface area contributed by atoms with Crippen LogP contribution >= 0.6 is 11.6 Å². The Morgan fingerprint density at radius 2 is 1.94 bits per heavy atom. The van der Waals surface area contributed by atoms with Crippen molar-refractivity contribution in [2.45, 2.75) is 31.8 Å². The molecule has 0 saturated heterocycles. The highest BCUT2D eigenvalue weighted by Gasteiger charge is 2.26. The molecule has 2 atom stereocenters. The Kier molecular flexibility index (Phi) is 8.12. The van der Waals surface area contributed by atoms with Crippen molar-refractivity contribution in [2.75, 3.05) is 19.7 Å². The van der Waals surface area contributed by atoms with Gasteiger partial charge in [-0.3, -0.25) is 4.90 Å². The Hall–Kier alpha value is -2.71. The number of hydrogen-bond acceptors (Lipinski definition) is 6. The molecule has 0 spiro atoms. The maximum atomic E-state index is 13.3. The first kappa shape index (κ1) is 23.4. The van der Waals surface area contributed by atoms with Crippen molar-refractivity contribution in [2.24, 2.45) is 5.16 Å². The van der Waals surface area contributed by atoms with Crippen LogP contribution in [0.5, 0.6) is 0 Å². The summed E-state index contributed by atoms with van der Waals surface area (Å²) in [5.74, 6) is 0.424. The number of aliphatic hydroxyl groups excluding tert-OH is 1. The smallest absolute Gasteiger partial charge is 0.145 e. The first-order chi connectivity index (χ1) is 16.0. The molecular formula is C25H26ClFN2O4. The predicted molar refractivity (Wildman–Crippen MR) is 124 cm³/mol. The Labute approximate surface area is 197 Å². The molecule has 0 saturated carbocycles. The van der Waals surface area contributed by atoms with Gasteiger partial charge in [-0.15, -0.1) is 0 Å². The van der Waals surface area contributed by atoms with Gasteiger partial charge in [0.05, 0.1) is 24.7 Å². The van der Waals surface area contributed by atoms with E-state index in [0.29, 0.717) is 43.4 Å². The lowest BCUT2D eigenvalue weighted by Gasteiger charge is -2.27. The number of oxime groups is 1. The average Bonchev–Trinajstić information content (AvgIpc) is 3.48. The number of hydrogen-bond donors (Lipinski definition) is 1. The Morgan fingerprint density at radius 1 is 1.15 bits per heavy atom. The summed E-state index contributed by atoms with van der Waals surface area (Å²) < 4.78 is 24.1. The SMILES string of the molecule is O[C@@H](COCc1ccco1)CN(Cc1ccc(F)cc1)C[C@H]1CC(c2ccc(Cl)cc2)=NO1. The molecule has 0 aliphatic carbocycles. The van der Waals surface area contributed by atoms with Gasteiger partial charge in [0.2, 0.25) is 0 Å². The summed E-state index contributed by atoms with van der Waals surface area (Å²) in [6.45, 7) is 1.91. The molecule has 0 fully saturated rings. The van der Waals surface area contributed by atoms with E-state index >= 15 is 0 Å². The highest BCUT2D eigenvalue weighted by atomic mass is 35.5. The first-order valence-electron chi connectivity index (χ1n) is 10.8. The Bertz CT molecular complexity index is 1030. The van der Waals surface area contributed by atoms with Crippen molar-refractivity contribution in [3.8, 4) is 0 Å². The van der Waals surface area contributed by atoms with Gasteiger partial charge in [-0.2, -0.15) is 0 Å². The van der Waals surface area contributed by atoms with E-state index in [1.807, 2.05) is 30.3 Å². The lowest BCUT2D eigenvalue weighted by Crippen LogP contribution is -2.39. The van der Waals surface area contributed by atoms with Gasteiger partial charge in [0.15, 0.2) is 0 Å². The standard InChI is InChI=1S/C25H26ClFN2O4/c26-20-7-5-19(6-8-20)25-12-24(33-28-25)15-29(13-18-3-9-21(27)10-4-18)14-22(30)16-31-17-23-2-1-11-32-23/h1-11,22,24,30H,12-17H2/t22-,24-/m1/s1. The zero-order valence-electron chi connectivity index (χ0n) is 18.1. The van der Waals surface area contributed by atoms with Gasteiger partial charge in [-0.05, 0) is 47.5 Å². The molecule has 8 heteroatoms. The second kappa shape index (κ2) is 11.4. The summed E-state index contributed by atoms with van der Waals surface area (Å²) in [7, 11) is 0.